The average molecular weight is 753 g/mol. The molecule has 9 rings (SSSR count). The Bertz CT molecular complexity index is 2050. The van der Waals surface area contributed by atoms with Gasteiger partial charge < -0.3 is 19.5 Å². The third kappa shape index (κ3) is 6.70. The van der Waals surface area contributed by atoms with Gasteiger partial charge in [0.25, 0.3) is 0 Å². The first-order chi connectivity index (χ1) is 27.3. The number of esters is 1. The van der Waals surface area contributed by atoms with Crippen molar-refractivity contribution in [2.45, 2.75) is 101 Å². The van der Waals surface area contributed by atoms with E-state index in [0.717, 1.165) is 66.9 Å². The van der Waals surface area contributed by atoms with Gasteiger partial charge >= 0.3 is 5.97 Å². The lowest BCUT2D eigenvalue weighted by molar-refractivity contribution is -0.143. The molecule has 3 aliphatic carbocycles. The minimum Gasteiger partial charge on any atom is -0.508 e. The van der Waals surface area contributed by atoms with Crippen LogP contribution in [0, 0.1) is 11.8 Å². The second-order valence-electron chi connectivity index (χ2n) is 16.9. The van der Waals surface area contributed by atoms with Crippen molar-refractivity contribution in [2.24, 2.45) is 11.8 Å². The number of phenols is 1. The first-order valence-electron chi connectivity index (χ1n) is 20.8. The number of amides is 1. The lowest BCUT2D eigenvalue weighted by atomic mass is 9.50. The number of ketones is 1. The normalized spacial score (nSPS) is 24.6. The summed E-state index contributed by atoms with van der Waals surface area (Å²) in [6.07, 6.45) is 7.48. The van der Waals surface area contributed by atoms with Crippen LogP contribution < -0.4 is 9.47 Å². The van der Waals surface area contributed by atoms with Crippen molar-refractivity contribution in [3.8, 4) is 17.2 Å². The largest absolute Gasteiger partial charge is 0.508 e. The van der Waals surface area contributed by atoms with E-state index < -0.39 is 11.4 Å². The predicted molar refractivity (Wildman–Crippen MR) is 214 cm³/mol. The van der Waals surface area contributed by atoms with Gasteiger partial charge in [-0.2, -0.15) is 0 Å². The molecule has 2 saturated carbocycles. The summed E-state index contributed by atoms with van der Waals surface area (Å²) in [4.78, 5) is 45.2. The molecule has 0 radical (unpaired) electrons. The summed E-state index contributed by atoms with van der Waals surface area (Å²) in [5.74, 6) is 1.65. The minimum absolute atomic E-state index is 0.0650. The van der Waals surface area contributed by atoms with E-state index in [9.17, 15) is 19.5 Å². The number of carbonyl (C=O) groups is 3. The van der Waals surface area contributed by atoms with E-state index in [4.69, 9.17) is 9.47 Å². The van der Waals surface area contributed by atoms with E-state index in [2.05, 4.69) is 58.3 Å². The molecule has 1 spiro atoms. The van der Waals surface area contributed by atoms with Crippen molar-refractivity contribution >= 4 is 17.7 Å². The zero-order valence-electron chi connectivity index (χ0n) is 32.3. The predicted octanol–water partition coefficient (Wildman–Crippen LogP) is 8.24. The fourth-order valence-electron chi connectivity index (χ4n) is 10.9. The van der Waals surface area contributed by atoms with Gasteiger partial charge in [0.15, 0.2) is 17.3 Å². The van der Waals surface area contributed by atoms with E-state index in [0.29, 0.717) is 43.5 Å². The van der Waals surface area contributed by atoms with Crippen molar-refractivity contribution < 1.29 is 29.0 Å². The van der Waals surface area contributed by atoms with Crippen LogP contribution in [0.2, 0.25) is 0 Å². The Morgan fingerprint density at radius 2 is 1.55 bits per heavy atom. The van der Waals surface area contributed by atoms with Gasteiger partial charge in [0.2, 0.25) is 5.91 Å². The van der Waals surface area contributed by atoms with E-state index in [1.165, 1.54) is 19.8 Å². The number of benzene rings is 4. The van der Waals surface area contributed by atoms with E-state index >= 15 is 0 Å². The number of ether oxygens (including phenoxy) is 2. The summed E-state index contributed by atoms with van der Waals surface area (Å²) >= 11 is 0. The highest BCUT2D eigenvalue weighted by molar-refractivity contribution is 5.96. The Morgan fingerprint density at radius 3 is 2.21 bits per heavy atom. The first kappa shape index (κ1) is 36.7. The zero-order valence-corrected chi connectivity index (χ0v) is 32.3. The molecule has 56 heavy (non-hydrogen) atoms. The van der Waals surface area contributed by atoms with Gasteiger partial charge in [0.05, 0.1) is 6.04 Å². The fourth-order valence-corrected chi connectivity index (χ4v) is 10.9. The quantitative estimate of drug-likeness (QED) is 0.0600. The monoisotopic (exact) mass is 752 g/mol. The SMILES string of the molecule is CC(=O)Oc1cc(O)c2c3c1O[C@H]1[C@H](N(CC(c4ccccc4)c4ccccc4)C(=O)CCCCC(=O)c4ccccc4)CC[C@H]4[C@@H](C2)N(CC2CC2)CC[C@@]341. The Hall–Kier alpha value is -4.95. The van der Waals surface area contributed by atoms with Crippen molar-refractivity contribution in [3.05, 3.63) is 125 Å². The number of likely N-dealkylation sites (tertiary alicyclic amines) is 1. The van der Waals surface area contributed by atoms with Gasteiger partial charge in [-0.1, -0.05) is 91.0 Å². The maximum Gasteiger partial charge on any atom is 0.308 e. The maximum absolute atomic E-state index is 15.0. The molecule has 5 aliphatic rings. The maximum atomic E-state index is 15.0. The smallest absolute Gasteiger partial charge is 0.308 e. The third-order valence-electron chi connectivity index (χ3n) is 13.6. The number of carbonyl (C=O) groups excluding carboxylic acids is 3. The Labute approximate surface area is 329 Å². The molecule has 0 unspecified atom stereocenters. The summed E-state index contributed by atoms with van der Waals surface area (Å²) in [6.45, 7) is 3.88. The summed E-state index contributed by atoms with van der Waals surface area (Å²) in [7, 11) is 0. The Morgan fingerprint density at radius 1 is 0.893 bits per heavy atom. The summed E-state index contributed by atoms with van der Waals surface area (Å²) in [6, 6.07) is 31.8. The third-order valence-corrected chi connectivity index (χ3v) is 13.6. The van der Waals surface area contributed by atoms with Crippen LogP contribution in [0.3, 0.4) is 0 Å². The molecule has 1 amide bonds. The van der Waals surface area contributed by atoms with Crippen LogP contribution in [-0.2, 0) is 21.4 Å². The molecule has 2 aliphatic heterocycles. The molecule has 3 fully saturated rings. The summed E-state index contributed by atoms with van der Waals surface area (Å²) in [5.41, 5.74) is 4.47. The number of nitrogens with zero attached hydrogens (tertiary/aromatic N) is 2. The average Bonchev–Trinajstić information content (AvgIpc) is 3.97. The highest BCUT2D eigenvalue weighted by Crippen LogP contribution is 2.66. The molecule has 8 heteroatoms. The second kappa shape index (κ2) is 15.2. The molecule has 290 valence electrons. The number of phenolic OH excluding ortho intramolecular Hbond substituents is 1. The van der Waals surface area contributed by atoms with Gasteiger partial charge in [-0.3, -0.25) is 19.3 Å². The van der Waals surface area contributed by atoms with E-state index in [1.807, 2.05) is 42.5 Å². The lowest BCUT2D eigenvalue weighted by Crippen LogP contribution is -2.69. The highest BCUT2D eigenvalue weighted by Gasteiger charge is 2.67. The molecule has 0 aromatic heterocycles. The zero-order chi connectivity index (χ0) is 38.4. The van der Waals surface area contributed by atoms with Gasteiger partial charge in [0, 0.05) is 73.0 Å². The number of hydrogen-bond acceptors (Lipinski definition) is 7. The number of rotatable bonds is 14. The Balaban J connectivity index is 1.08. The summed E-state index contributed by atoms with van der Waals surface area (Å²) in [5, 5.41) is 11.6. The van der Waals surface area contributed by atoms with Crippen LogP contribution in [0.15, 0.2) is 97.1 Å². The topological polar surface area (TPSA) is 96.4 Å². The number of Topliss-reactive ketones (excluding diaryl/α,β-unsaturated/α-hetero) is 1. The molecule has 1 saturated heterocycles. The number of unbranched alkanes of at least 4 members (excludes halogenated alkanes) is 1. The molecule has 2 heterocycles. The van der Waals surface area contributed by atoms with Gasteiger partial charge in [-0.25, -0.2) is 0 Å². The van der Waals surface area contributed by atoms with Crippen molar-refractivity contribution in [1.82, 2.24) is 9.80 Å². The molecular weight excluding hydrogens is 701 g/mol. The van der Waals surface area contributed by atoms with Crippen LogP contribution >= 0.6 is 0 Å². The molecule has 2 bridgehead atoms. The minimum atomic E-state index is -0.464. The second-order valence-corrected chi connectivity index (χ2v) is 16.9. The van der Waals surface area contributed by atoms with Crippen LogP contribution in [0.25, 0.3) is 0 Å². The van der Waals surface area contributed by atoms with Crippen LogP contribution in [0.4, 0.5) is 0 Å². The molecular formula is C48H52N2O6. The lowest BCUT2D eigenvalue weighted by Gasteiger charge is -2.60. The van der Waals surface area contributed by atoms with Crippen LogP contribution in [0.5, 0.6) is 17.2 Å². The Kier molecular flexibility index (Phi) is 9.94. The van der Waals surface area contributed by atoms with Crippen LogP contribution in [-0.4, -0.2) is 70.4 Å². The molecule has 4 aromatic carbocycles. The fraction of sp³-hybridized carbons (Fsp3) is 0.438. The van der Waals surface area contributed by atoms with E-state index in [-0.39, 0.29) is 53.2 Å². The molecule has 4 aromatic rings. The molecule has 5 atom stereocenters. The number of hydrogen-bond donors (Lipinski definition) is 1. The summed E-state index contributed by atoms with van der Waals surface area (Å²) < 4.78 is 13.0. The molecule has 1 N–H and O–H groups in total. The molecule has 8 nitrogen and oxygen atoms in total. The first-order valence-corrected chi connectivity index (χ1v) is 20.8. The van der Waals surface area contributed by atoms with Gasteiger partial charge in [-0.15, -0.1) is 0 Å². The van der Waals surface area contributed by atoms with E-state index in [1.54, 1.807) is 6.07 Å². The van der Waals surface area contributed by atoms with Crippen molar-refractivity contribution in [1.29, 1.82) is 0 Å². The number of piperidine rings is 1. The van der Waals surface area contributed by atoms with Gasteiger partial charge in [-0.05, 0) is 80.9 Å². The van der Waals surface area contributed by atoms with Crippen molar-refractivity contribution in [3.63, 3.8) is 0 Å². The standard InChI is InChI=1S/C48H52N2O6/c1-31(51)55-43-28-42(53)36-27-40-38-23-24-39(47-48(38,45(36)46(43)56-47)25-26-49(40)29-32-21-22-32)50(44(54)20-12-11-19-41(52)35-17-9-4-10-18-35)30-37(33-13-5-2-6-14-33)34-15-7-3-8-16-34/h2-10,13-18,28,32,37-40,47,53H,11-12,19-27,29-30H2,1H3/t38-,39+,40+,47-,48-/m0/s1. The highest BCUT2D eigenvalue weighted by atomic mass is 16.6. The number of aromatic hydroxyl groups is 1. The van der Waals surface area contributed by atoms with Gasteiger partial charge in [0.1, 0.15) is 11.9 Å². The van der Waals surface area contributed by atoms with Crippen LogP contribution in [0.1, 0.15) is 103 Å². The van der Waals surface area contributed by atoms with Crippen molar-refractivity contribution in [2.75, 3.05) is 19.6 Å².